The van der Waals surface area contributed by atoms with Gasteiger partial charge in [0.1, 0.15) is 0 Å². The van der Waals surface area contributed by atoms with Gasteiger partial charge in [0.25, 0.3) is 0 Å². The molecule has 0 aliphatic carbocycles. The molecule has 1 aliphatic rings. The molecule has 0 spiro atoms. The second-order valence-corrected chi connectivity index (χ2v) is 3.50. The first-order valence-electron chi connectivity index (χ1n) is 4.77. The summed E-state index contributed by atoms with van der Waals surface area (Å²) in [7, 11) is 0. The highest BCUT2D eigenvalue weighted by atomic mass is 16.6. The van der Waals surface area contributed by atoms with Crippen molar-refractivity contribution in [1.82, 2.24) is 0 Å². The Morgan fingerprint density at radius 2 is 2.40 bits per heavy atom. The van der Waals surface area contributed by atoms with Crippen LogP contribution in [0.1, 0.15) is 34.0 Å². The van der Waals surface area contributed by atoms with Crippen LogP contribution in [0.25, 0.3) is 0 Å². The summed E-state index contributed by atoms with van der Waals surface area (Å²) in [4.78, 5) is 16.3. The number of carbonyl (C=O) groups excluding carboxylic acids is 1. The van der Waals surface area contributed by atoms with Gasteiger partial charge in [-0.2, -0.15) is 0 Å². The zero-order chi connectivity index (χ0) is 10.8. The van der Waals surface area contributed by atoms with Crippen LogP contribution in [0.3, 0.4) is 0 Å². The fraction of sp³-hybridized carbons (Fsp3) is 0.273. The van der Waals surface area contributed by atoms with E-state index < -0.39 is 5.91 Å². The van der Waals surface area contributed by atoms with Crippen LogP contribution in [0.15, 0.2) is 23.4 Å². The smallest absolute Gasteiger partial charge is 0.248 e. The van der Waals surface area contributed by atoms with E-state index in [0.717, 1.165) is 17.5 Å². The molecule has 0 bridgehead atoms. The minimum atomic E-state index is -0.409. The van der Waals surface area contributed by atoms with E-state index in [2.05, 4.69) is 5.16 Å². The van der Waals surface area contributed by atoms with E-state index in [0.29, 0.717) is 5.56 Å². The van der Waals surface area contributed by atoms with Crippen molar-refractivity contribution in [2.24, 2.45) is 10.9 Å². The molecule has 0 saturated heterocycles. The molecule has 1 atom stereocenters. The van der Waals surface area contributed by atoms with Gasteiger partial charge in [0.2, 0.25) is 5.91 Å². The number of hydrogen-bond acceptors (Lipinski definition) is 3. The quantitative estimate of drug-likeness (QED) is 0.794. The SMILES string of the molecule is Cc1c(C(N)=O)cccc1C1CC=NO1. The molecule has 1 heterocycles. The van der Waals surface area contributed by atoms with Crippen molar-refractivity contribution >= 4 is 12.1 Å². The second-order valence-electron chi connectivity index (χ2n) is 3.50. The molecule has 1 unspecified atom stereocenters. The number of nitrogens with zero attached hydrogens (tertiary/aromatic N) is 1. The molecular formula is C11H12N2O2. The number of oxime groups is 1. The van der Waals surface area contributed by atoms with Crippen LogP contribution in [-0.4, -0.2) is 12.1 Å². The van der Waals surface area contributed by atoms with Gasteiger partial charge in [-0.05, 0) is 24.1 Å². The minimum Gasteiger partial charge on any atom is -0.388 e. The summed E-state index contributed by atoms with van der Waals surface area (Å²) in [5, 5.41) is 3.72. The van der Waals surface area contributed by atoms with E-state index in [-0.39, 0.29) is 6.10 Å². The predicted molar refractivity (Wildman–Crippen MR) is 56.6 cm³/mol. The summed E-state index contributed by atoms with van der Waals surface area (Å²) in [5.41, 5.74) is 7.67. The highest BCUT2D eigenvalue weighted by Gasteiger charge is 2.20. The molecule has 0 aromatic heterocycles. The summed E-state index contributed by atoms with van der Waals surface area (Å²) < 4.78 is 0. The van der Waals surface area contributed by atoms with E-state index in [1.54, 1.807) is 12.3 Å². The van der Waals surface area contributed by atoms with Crippen LogP contribution in [0.5, 0.6) is 0 Å². The van der Waals surface area contributed by atoms with Crippen molar-refractivity contribution in [3.05, 3.63) is 34.9 Å². The third kappa shape index (κ3) is 1.70. The largest absolute Gasteiger partial charge is 0.388 e. The lowest BCUT2D eigenvalue weighted by molar-refractivity contribution is 0.0851. The Morgan fingerprint density at radius 1 is 1.60 bits per heavy atom. The molecule has 1 amide bonds. The third-order valence-electron chi connectivity index (χ3n) is 2.57. The average molecular weight is 204 g/mol. The van der Waals surface area contributed by atoms with Crippen LogP contribution < -0.4 is 5.73 Å². The lowest BCUT2D eigenvalue weighted by atomic mass is 9.97. The molecular weight excluding hydrogens is 192 g/mol. The Labute approximate surface area is 87.7 Å². The van der Waals surface area contributed by atoms with Crippen LogP contribution in [-0.2, 0) is 4.84 Å². The van der Waals surface area contributed by atoms with E-state index in [4.69, 9.17) is 10.6 Å². The maximum Gasteiger partial charge on any atom is 0.248 e. The van der Waals surface area contributed by atoms with Crippen molar-refractivity contribution in [3.8, 4) is 0 Å². The standard InChI is InChI=1S/C11H12N2O2/c1-7-8(10-5-6-13-15-10)3-2-4-9(7)11(12)14/h2-4,6,10H,5H2,1H3,(H2,12,14). The number of amides is 1. The molecule has 1 aromatic carbocycles. The average Bonchev–Trinajstić information content (AvgIpc) is 2.70. The number of primary amides is 1. The highest BCUT2D eigenvalue weighted by molar-refractivity contribution is 5.94. The maximum atomic E-state index is 11.1. The zero-order valence-electron chi connectivity index (χ0n) is 8.43. The van der Waals surface area contributed by atoms with Crippen LogP contribution >= 0.6 is 0 Å². The van der Waals surface area contributed by atoms with Crippen LogP contribution in [0.2, 0.25) is 0 Å². The minimum absolute atomic E-state index is 0.0794. The zero-order valence-corrected chi connectivity index (χ0v) is 8.43. The number of nitrogens with two attached hydrogens (primary N) is 1. The summed E-state index contributed by atoms with van der Waals surface area (Å²) >= 11 is 0. The van der Waals surface area contributed by atoms with Crippen molar-refractivity contribution in [2.75, 3.05) is 0 Å². The number of rotatable bonds is 2. The van der Waals surface area contributed by atoms with Gasteiger partial charge in [-0.15, -0.1) is 0 Å². The Bertz CT molecular complexity index is 419. The molecule has 4 heteroatoms. The molecule has 2 rings (SSSR count). The molecule has 0 saturated carbocycles. The predicted octanol–water partition coefficient (Wildman–Crippen LogP) is 1.54. The van der Waals surface area contributed by atoms with E-state index in [1.807, 2.05) is 19.1 Å². The fourth-order valence-corrected chi connectivity index (χ4v) is 1.75. The topological polar surface area (TPSA) is 64.7 Å². The summed E-state index contributed by atoms with van der Waals surface area (Å²) in [6, 6.07) is 5.46. The van der Waals surface area contributed by atoms with Gasteiger partial charge < -0.3 is 10.6 Å². The first kappa shape index (κ1) is 9.71. The van der Waals surface area contributed by atoms with E-state index in [9.17, 15) is 4.79 Å². The Kier molecular flexibility index (Phi) is 2.41. The van der Waals surface area contributed by atoms with Crippen LogP contribution in [0.4, 0.5) is 0 Å². The number of hydrogen-bond donors (Lipinski definition) is 1. The molecule has 0 radical (unpaired) electrons. The van der Waals surface area contributed by atoms with Gasteiger partial charge >= 0.3 is 0 Å². The Hall–Kier alpha value is -1.84. The first-order chi connectivity index (χ1) is 7.20. The van der Waals surface area contributed by atoms with Gasteiger partial charge in [0.15, 0.2) is 6.10 Å². The van der Waals surface area contributed by atoms with Crippen LogP contribution in [0, 0.1) is 6.92 Å². The highest BCUT2D eigenvalue weighted by Crippen LogP contribution is 2.28. The summed E-state index contributed by atoms with van der Waals surface area (Å²) in [6.07, 6.45) is 2.38. The maximum absolute atomic E-state index is 11.1. The summed E-state index contributed by atoms with van der Waals surface area (Å²) in [5.74, 6) is -0.409. The van der Waals surface area contributed by atoms with Gasteiger partial charge in [0, 0.05) is 18.2 Å². The Balaban J connectivity index is 2.39. The fourth-order valence-electron chi connectivity index (χ4n) is 1.75. The lowest BCUT2D eigenvalue weighted by Crippen LogP contribution is -2.14. The van der Waals surface area contributed by atoms with Crippen molar-refractivity contribution < 1.29 is 9.63 Å². The lowest BCUT2D eigenvalue weighted by Gasteiger charge is -2.13. The molecule has 1 aliphatic heterocycles. The molecule has 0 fully saturated rings. The molecule has 78 valence electrons. The number of benzene rings is 1. The Morgan fingerprint density at radius 3 is 3.00 bits per heavy atom. The number of carbonyl (C=O) groups is 1. The van der Waals surface area contributed by atoms with Gasteiger partial charge in [-0.3, -0.25) is 4.79 Å². The first-order valence-corrected chi connectivity index (χ1v) is 4.77. The van der Waals surface area contributed by atoms with E-state index in [1.165, 1.54) is 0 Å². The molecule has 1 aromatic rings. The van der Waals surface area contributed by atoms with Crippen molar-refractivity contribution in [1.29, 1.82) is 0 Å². The van der Waals surface area contributed by atoms with Gasteiger partial charge in [-0.1, -0.05) is 17.3 Å². The molecule has 2 N–H and O–H groups in total. The van der Waals surface area contributed by atoms with Crippen molar-refractivity contribution in [2.45, 2.75) is 19.4 Å². The summed E-state index contributed by atoms with van der Waals surface area (Å²) in [6.45, 7) is 1.87. The van der Waals surface area contributed by atoms with Crippen molar-refractivity contribution in [3.63, 3.8) is 0 Å². The van der Waals surface area contributed by atoms with E-state index >= 15 is 0 Å². The second kappa shape index (κ2) is 3.73. The normalized spacial score (nSPS) is 18.9. The monoisotopic (exact) mass is 204 g/mol. The third-order valence-corrected chi connectivity index (χ3v) is 2.57. The molecule has 4 nitrogen and oxygen atoms in total. The van der Waals surface area contributed by atoms with Gasteiger partial charge in [0.05, 0.1) is 0 Å². The molecule has 15 heavy (non-hydrogen) atoms. The van der Waals surface area contributed by atoms with Gasteiger partial charge in [-0.25, -0.2) is 0 Å².